The number of benzene rings is 2. The van der Waals surface area contributed by atoms with E-state index in [0.717, 1.165) is 6.07 Å². The molecule has 94 valence electrons. The summed E-state index contributed by atoms with van der Waals surface area (Å²) in [7, 11) is 0. The first-order chi connectivity index (χ1) is 8.49. The maximum Gasteiger partial charge on any atom is 0.142 e. The van der Waals surface area contributed by atoms with Crippen molar-refractivity contribution in [2.75, 3.05) is 0 Å². The van der Waals surface area contributed by atoms with Gasteiger partial charge in [-0.05, 0) is 51.3 Å². The van der Waals surface area contributed by atoms with Crippen LogP contribution < -0.4 is 0 Å². The second-order valence-corrected chi connectivity index (χ2v) is 5.01. The van der Waals surface area contributed by atoms with Crippen LogP contribution >= 0.6 is 27.5 Å². The van der Waals surface area contributed by atoms with E-state index in [0.29, 0.717) is 11.1 Å². The minimum absolute atomic E-state index is 0.00811. The molecule has 5 heteroatoms. The van der Waals surface area contributed by atoms with Crippen LogP contribution in [0.4, 0.5) is 8.78 Å². The number of aliphatic hydroxyl groups excluding tert-OH is 1. The van der Waals surface area contributed by atoms with Crippen molar-refractivity contribution in [2.45, 2.75) is 6.10 Å². The molecule has 2 aromatic carbocycles. The summed E-state index contributed by atoms with van der Waals surface area (Å²) in [6.45, 7) is 0. The number of rotatable bonds is 2. The number of halogens is 4. The van der Waals surface area contributed by atoms with Gasteiger partial charge in [-0.2, -0.15) is 0 Å². The van der Waals surface area contributed by atoms with Crippen LogP contribution in [0.1, 0.15) is 17.2 Å². The molecule has 0 spiro atoms. The van der Waals surface area contributed by atoms with Gasteiger partial charge in [0.1, 0.15) is 17.7 Å². The molecule has 0 saturated heterocycles. The van der Waals surface area contributed by atoms with Gasteiger partial charge < -0.3 is 5.11 Å². The molecule has 0 bridgehead atoms. The molecule has 0 heterocycles. The summed E-state index contributed by atoms with van der Waals surface area (Å²) in [4.78, 5) is 0. The van der Waals surface area contributed by atoms with Gasteiger partial charge in [-0.1, -0.05) is 23.7 Å². The van der Waals surface area contributed by atoms with Crippen LogP contribution in [0.5, 0.6) is 0 Å². The molecule has 0 saturated carbocycles. The third-order valence-electron chi connectivity index (χ3n) is 2.52. The van der Waals surface area contributed by atoms with E-state index in [9.17, 15) is 13.9 Å². The zero-order valence-corrected chi connectivity index (χ0v) is 11.3. The van der Waals surface area contributed by atoms with Gasteiger partial charge in [0.2, 0.25) is 0 Å². The van der Waals surface area contributed by atoms with E-state index in [4.69, 9.17) is 11.6 Å². The van der Waals surface area contributed by atoms with Crippen LogP contribution in [0.15, 0.2) is 40.9 Å². The van der Waals surface area contributed by atoms with E-state index in [-0.39, 0.29) is 9.50 Å². The lowest BCUT2D eigenvalue weighted by molar-refractivity contribution is 0.219. The standard InChI is InChI=1S/C13H8BrClF2O/c14-9-5-7(2-4-11(9)16)13(18)8-1-3-10(15)12(17)6-8/h1-6,13,18H. The summed E-state index contributed by atoms with van der Waals surface area (Å²) >= 11 is 8.60. The minimum atomic E-state index is -1.03. The molecule has 0 aliphatic heterocycles. The molecule has 1 atom stereocenters. The van der Waals surface area contributed by atoms with Crippen molar-refractivity contribution in [1.82, 2.24) is 0 Å². The Labute approximate surface area is 116 Å². The first-order valence-electron chi connectivity index (χ1n) is 5.07. The second-order valence-electron chi connectivity index (χ2n) is 3.75. The first-order valence-corrected chi connectivity index (χ1v) is 6.24. The monoisotopic (exact) mass is 332 g/mol. The Morgan fingerprint density at radius 3 is 2.22 bits per heavy atom. The summed E-state index contributed by atoms with van der Waals surface area (Å²) in [6, 6.07) is 8.17. The zero-order valence-electron chi connectivity index (χ0n) is 9.00. The Bertz CT molecular complexity index is 538. The normalized spacial score (nSPS) is 12.5. The van der Waals surface area contributed by atoms with E-state index < -0.39 is 17.7 Å². The fourth-order valence-corrected chi connectivity index (χ4v) is 2.07. The minimum Gasteiger partial charge on any atom is -0.384 e. The van der Waals surface area contributed by atoms with Gasteiger partial charge in [0.25, 0.3) is 0 Å². The van der Waals surface area contributed by atoms with Crippen LogP contribution in [0.3, 0.4) is 0 Å². The highest BCUT2D eigenvalue weighted by atomic mass is 79.9. The summed E-state index contributed by atoms with van der Waals surface area (Å²) < 4.78 is 26.6. The highest BCUT2D eigenvalue weighted by Gasteiger charge is 2.14. The molecule has 1 N–H and O–H groups in total. The summed E-state index contributed by atoms with van der Waals surface area (Å²) in [5.74, 6) is -1.03. The lowest BCUT2D eigenvalue weighted by Crippen LogP contribution is -2.00. The van der Waals surface area contributed by atoms with Gasteiger partial charge >= 0.3 is 0 Å². The van der Waals surface area contributed by atoms with Crippen molar-refractivity contribution >= 4 is 27.5 Å². The van der Waals surface area contributed by atoms with Crippen LogP contribution in [0, 0.1) is 11.6 Å². The average molecular weight is 334 g/mol. The smallest absolute Gasteiger partial charge is 0.142 e. The van der Waals surface area contributed by atoms with Gasteiger partial charge in [0, 0.05) is 0 Å². The molecule has 0 aliphatic rings. The number of aliphatic hydroxyl groups is 1. The lowest BCUT2D eigenvalue weighted by atomic mass is 10.0. The second kappa shape index (κ2) is 5.34. The Hall–Kier alpha value is -0.970. The summed E-state index contributed by atoms with van der Waals surface area (Å²) in [5, 5.41) is 10.1. The van der Waals surface area contributed by atoms with Crippen LogP contribution in [0.25, 0.3) is 0 Å². The first kappa shape index (κ1) is 13.5. The van der Waals surface area contributed by atoms with Crippen molar-refractivity contribution < 1.29 is 13.9 Å². The van der Waals surface area contributed by atoms with Crippen molar-refractivity contribution in [3.05, 3.63) is 68.7 Å². The van der Waals surface area contributed by atoms with Gasteiger partial charge in [-0.25, -0.2) is 8.78 Å². The molecule has 1 nitrogen and oxygen atoms in total. The Morgan fingerprint density at radius 2 is 1.61 bits per heavy atom. The Balaban J connectivity index is 2.37. The van der Waals surface area contributed by atoms with Crippen molar-refractivity contribution in [2.24, 2.45) is 0 Å². The number of hydrogen-bond donors (Lipinski definition) is 1. The molecule has 2 rings (SSSR count). The molecule has 0 aromatic heterocycles. The molecular formula is C13H8BrClF2O. The Kier molecular flexibility index (Phi) is 4.00. The lowest BCUT2D eigenvalue weighted by Gasteiger charge is -2.12. The molecule has 0 radical (unpaired) electrons. The molecule has 0 aliphatic carbocycles. The molecule has 0 amide bonds. The van der Waals surface area contributed by atoms with Crippen LogP contribution in [-0.4, -0.2) is 5.11 Å². The van der Waals surface area contributed by atoms with Gasteiger partial charge in [0.05, 0.1) is 9.50 Å². The van der Waals surface area contributed by atoms with Gasteiger partial charge in [0.15, 0.2) is 0 Å². The van der Waals surface area contributed by atoms with Crippen molar-refractivity contribution in [1.29, 1.82) is 0 Å². The molecule has 18 heavy (non-hydrogen) atoms. The van der Waals surface area contributed by atoms with Crippen LogP contribution in [-0.2, 0) is 0 Å². The highest BCUT2D eigenvalue weighted by Crippen LogP contribution is 2.28. The van der Waals surface area contributed by atoms with Gasteiger partial charge in [-0.3, -0.25) is 0 Å². The fourth-order valence-electron chi connectivity index (χ4n) is 1.56. The summed E-state index contributed by atoms with van der Waals surface area (Å²) in [6.07, 6.45) is -1.03. The quantitative estimate of drug-likeness (QED) is 0.860. The predicted molar refractivity (Wildman–Crippen MR) is 69.6 cm³/mol. The van der Waals surface area contributed by atoms with E-state index in [1.54, 1.807) is 0 Å². The maximum atomic E-state index is 13.3. The van der Waals surface area contributed by atoms with E-state index in [1.165, 1.54) is 30.3 Å². The molecule has 2 aromatic rings. The van der Waals surface area contributed by atoms with E-state index in [1.807, 2.05) is 0 Å². The van der Waals surface area contributed by atoms with Gasteiger partial charge in [-0.15, -0.1) is 0 Å². The third-order valence-corrected chi connectivity index (χ3v) is 3.43. The van der Waals surface area contributed by atoms with Crippen molar-refractivity contribution in [3.63, 3.8) is 0 Å². The van der Waals surface area contributed by atoms with E-state index >= 15 is 0 Å². The SMILES string of the molecule is OC(c1ccc(Cl)c(F)c1)c1ccc(F)c(Br)c1. The van der Waals surface area contributed by atoms with E-state index in [2.05, 4.69) is 15.9 Å². The summed E-state index contributed by atoms with van der Waals surface area (Å²) in [5.41, 5.74) is 0.820. The molecule has 0 fully saturated rings. The maximum absolute atomic E-state index is 13.3. The third kappa shape index (κ3) is 2.71. The fraction of sp³-hybridized carbons (Fsp3) is 0.0769. The average Bonchev–Trinajstić information content (AvgIpc) is 2.35. The highest BCUT2D eigenvalue weighted by molar-refractivity contribution is 9.10. The van der Waals surface area contributed by atoms with Crippen molar-refractivity contribution in [3.8, 4) is 0 Å². The van der Waals surface area contributed by atoms with Crippen LogP contribution in [0.2, 0.25) is 5.02 Å². The largest absolute Gasteiger partial charge is 0.384 e. The Morgan fingerprint density at radius 1 is 1.00 bits per heavy atom. The topological polar surface area (TPSA) is 20.2 Å². The predicted octanol–water partition coefficient (Wildman–Crippen LogP) is 4.46. The molecule has 1 unspecified atom stereocenters. The number of hydrogen-bond acceptors (Lipinski definition) is 1. The zero-order chi connectivity index (χ0) is 13.3. The molecular weight excluding hydrogens is 325 g/mol.